The van der Waals surface area contributed by atoms with Gasteiger partial charge >= 0.3 is 5.97 Å². The summed E-state index contributed by atoms with van der Waals surface area (Å²) in [5, 5.41) is 8.60. The molecule has 0 bridgehead atoms. The molecule has 3 N–H and O–H groups in total. The molecule has 0 saturated heterocycles. The maximum absolute atomic E-state index is 10.5. The molecule has 1 aromatic carbocycles. The summed E-state index contributed by atoms with van der Waals surface area (Å²) >= 11 is 1.77. The molecule has 1 aromatic rings. The fourth-order valence-electron chi connectivity index (χ4n) is 1.46. The first-order valence-electron chi connectivity index (χ1n) is 5.80. The van der Waals surface area contributed by atoms with Crippen molar-refractivity contribution in [3.05, 3.63) is 35.9 Å². The van der Waals surface area contributed by atoms with E-state index in [1.54, 1.807) is 11.8 Å². The maximum Gasteiger partial charge on any atom is 0.320 e. The average molecular weight is 253 g/mol. The second-order valence-electron chi connectivity index (χ2n) is 3.93. The third kappa shape index (κ3) is 6.34. The summed E-state index contributed by atoms with van der Waals surface area (Å²) in [6.45, 7) is 0. The topological polar surface area (TPSA) is 63.3 Å². The van der Waals surface area contributed by atoms with Crippen molar-refractivity contribution in [1.82, 2.24) is 0 Å². The van der Waals surface area contributed by atoms with E-state index < -0.39 is 12.0 Å². The standard InChI is InChI=1S/C13H19NO2S/c14-12(13(15)16)8-10-17-9-4-7-11-5-2-1-3-6-11/h1-3,5-6,12H,4,7-10,14H2,(H,15,16). The number of carboxylic acid groups (broad SMARTS) is 1. The van der Waals surface area contributed by atoms with Gasteiger partial charge < -0.3 is 10.8 Å². The van der Waals surface area contributed by atoms with Crippen molar-refractivity contribution in [3.8, 4) is 0 Å². The molecule has 3 nitrogen and oxygen atoms in total. The monoisotopic (exact) mass is 253 g/mol. The molecule has 0 radical (unpaired) electrons. The Morgan fingerprint density at radius 3 is 2.65 bits per heavy atom. The number of carbonyl (C=O) groups is 1. The van der Waals surface area contributed by atoms with Gasteiger partial charge in [0.25, 0.3) is 0 Å². The highest BCUT2D eigenvalue weighted by atomic mass is 32.2. The summed E-state index contributed by atoms with van der Waals surface area (Å²) in [5.74, 6) is 0.971. The number of carboxylic acids is 1. The summed E-state index contributed by atoms with van der Waals surface area (Å²) < 4.78 is 0. The number of thioether (sulfide) groups is 1. The van der Waals surface area contributed by atoms with Crippen LogP contribution in [-0.2, 0) is 11.2 Å². The third-order valence-electron chi connectivity index (χ3n) is 2.49. The van der Waals surface area contributed by atoms with Crippen LogP contribution in [0.3, 0.4) is 0 Å². The maximum atomic E-state index is 10.5. The van der Waals surface area contributed by atoms with Gasteiger partial charge in [-0.15, -0.1) is 0 Å². The fraction of sp³-hybridized carbons (Fsp3) is 0.462. The normalized spacial score (nSPS) is 12.3. The van der Waals surface area contributed by atoms with Gasteiger partial charge in [-0.3, -0.25) is 4.79 Å². The molecule has 0 spiro atoms. The molecule has 0 aliphatic rings. The first-order chi connectivity index (χ1) is 8.20. The van der Waals surface area contributed by atoms with Crippen LogP contribution in [0.5, 0.6) is 0 Å². The van der Waals surface area contributed by atoms with E-state index in [1.165, 1.54) is 5.56 Å². The van der Waals surface area contributed by atoms with E-state index >= 15 is 0 Å². The fourth-order valence-corrected chi connectivity index (χ4v) is 2.43. The first kappa shape index (κ1) is 14.1. The summed E-state index contributed by atoms with van der Waals surface area (Å²) in [4.78, 5) is 10.5. The van der Waals surface area contributed by atoms with E-state index in [9.17, 15) is 4.79 Å². The largest absolute Gasteiger partial charge is 0.480 e. The lowest BCUT2D eigenvalue weighted by molar-refractivity contribution is -0.138. The molecule has 0 aliphatic carbocycles. The summed E-state index contributed by atoms with van der Waals surface area (Å²) in [6.07, 6.45) is 2.75. The number of rotatable bonds is 8. The lowest BCUT2D eigenvalue weighted by Gasteiger charge is -2.05. The van der Waals surface area contributed by atoms with Crippen molar-refractivity contribution < 1.29 is 9.90 Å². The van der Waals surface area contributed by atoms with Crippen molar-refractivity contribution >= 4 is 17.7 Å². The molecule has 1 unspecified atom stereocenters. The van der Waals surface area contributed by atoms with Crippen molar-refractivity contribution in [2.24, 2.45) is 5.73 Å². The highest BCUT2D eigenvalue weighted by Gasteiger charge is 2.09. The van der Waals surface area contributed by atoms with Crippen LogP contribution in [0.1, 0.15) is 18.4 Å². The van der Waals surface area contributed by atoms with E-state index in [1.807, 2.05) is 18.2 Å². The Morgan fingerprint density at radius 1 is 1.29 bits per heavy atom. The van der Waals surface area contributed by atoms with E-state index in [2.05, 4.69) is 12.1 Å². The quantitative estimate of drug-likeness (QED) is 0.697. The van der Waals surface area contributed by atoms with Crippen LogP contribution in [0.2, 0.25) is 0 Å². The van der Waals surface area contributed by atoms with Crippen LogP contribution in [0.25, 0.3) is 0 Å². The first-order valence-corrected chi connectivity index (χ1v) is 6.95. The zero-order chi connectivity index (χ0) is 12.5. The highest BCUT2D eigenvalue weighted by Crippen LogP contribution is 2.09. The number of hydrogen-bond acceptors (Lipinski definition) is 3. The zero-order valence-corrected chi connectivity index (χ0v) is 10.7. The highest BCUT2D eigenvalue weighted by molar-refractivity contribution is 7.99. The lowest BCUT2D eigenvalue weighted by Crippen LogP contribution is -2.30. The van der Waals surface area contributed by atoms with Gasteiger partial charge in [0.15, 0.2) is 0 Å². The molecule has 0 amide bonds. The van der Waals surface area contributed by atoms with Crippen molar-refractivity contribution in [2.45, 2.75) is 25.3 Å². The van der Waals surface area contributed by atoms with Gasteiger partial charge in [0.1, 0.15) is 6.04 Å². The van der Waals surface area contributed by atoms with Crippen LogP contribution in [-0.4, -0.2) is 28.6 Å². The Kier molecular flexibility index (Phi) is 6.74. The molecule has 1 atom stereocenters. The van der Waals surface area contributed by atoms with Crippen LogP contribution >= 0.6 is 11.8 Å². The second kappa shape index (κ2) is 8.14. The van der Waals surface area contributed by atoms with Crippen LogP contribution in [0.4, 0.5) is 0 Å². The number of nitrogens with two attached hydrogens (primary N) is 1. The summed E-state index contributed by atoms with van der Waals surface area (Å²) in [7, 11) is 0. The van der Waals surface area contributed by atoms with Crippen molar-refractivity contribution in [1.29, 1.82) is 0 Å². The van der Waals surface area contributed by atoms with E-state index in [4.69, 9.17) is 10.8 Å². The van der Waals surface area contributed by atoms with Crippen LogP contribution in [0.15, 0.2) is 30.3 Å². The molecule has 4 heteroatoms. The van der Waals surface area contributed by atoms with Gasteiger partial charge in [-0.25, -0.2) is 0 Å². The number of benzene rings is 1. The minimum absolute atomic E-state index is 0.547. The Hall–Kier alpha value is -1.00. The minimum Gasteiger partial charge on any atom is -0.480 e. The summed E-state index contributed by atoms with van der Waals surface area (Å²) in [5.41, 5.74) is 6.77. The van der Waals surface area contributed by atoms with Crippen molar-refractivity contribution in [3.63, 3.8) is 0 Å². The Bertz CT molecular complexity index is 329. The van der Waals surface area contributed by atoms with Gasteiger partial charge in [0.05, 0.1) is 0 Å². The molecule has 94 valence electrons. The molecule has 0 saturated carbocycles. The van der Waals surface area contributed by atoms with Crippen LogP contribution < -0.4 is 5.73 Å². The van der Waals surface area contributed by atoms with Crippen molar-refractivity contribution in [2.75, 3.05) is 11.5 Å². The molecule has 0 aromatic heterocycles. The average Bonchev–Trinajstić information content (AvgIpc) is 2.34. The Morgan fingerprint density at radius 2 is 2.00 bits per heavy atom. The van der Waals surface area contributed by atoms with Gasteiger partial charge in [0.2, 0.25) is 0 Å². The number of hydrogen-bond donors (Lipinski definition) is 2. The lowest BCUT2D eigenvalue weighted by atomic mass is 10.1. The van der Waals surface area contributed by atoms with E-state index in [0.717, 1.165) is 24.3 Å². The van der Waals surface area contributed by atoms with E-state index in [-0.39, 0.29) is 0 Å². The second-order valence-corrected chi connectivity index (χ2v) is 5.16. The molecule has 0 aliphatic heterocycles. The minimum atomic E-state index is -0.908. The molecular formula is C13H19NO2S. The SMILES string of the molecule is NC(CCSCCCc1ccccc1)C(=O)O. The van der Waals surface area contributed by atoms with Crippen LogP contribution in [0, 0.1) is 0 Å². The molecule has 1 rings (SSSR count). The van der Waals surface area contributed by atoms with Gasteiger partial charge in [-0.2, -0.15) is 11.8 Å². The Balaban J connectivity index is 2.00. The predicted molar refractivity (Wildman–Crippen MR) is 72.3 cm³/mol. The number of aliphatic carboxylic acids is 1. The molecule has 0 heterocycles. The van der Waals surface area contributed by atoms with Gasteiger partial charge in [-0.1, -0.05) is 30.3 Å². The van der Waals surface area contributed by atoms with Gasteiger partial charge in [0, 0.05) is 0 Å². The third-order valence-corrected chi connectivity index (χ3v) is 3.59. The molecular weight excluding hydrogens is 234 g/mol. The summed E-state index contributed by atoms with van der Waals surface area (Å²) in [6, 6.07) is 9.67. The predicted octanol–water partition coefficient (Wildman–Crippen LogP) is 2.15. The van der Waals surface area contributed by atoms with Gasteiger partial charge in [-0.05, 0) is 36.3 Å². The Labute approximate surface area is 106 Å². The smallest absolute Gasteiger partial charge is 0.320 e. The number of aryl methyl sites for hydroxylation is 1. The van der Waals surface area contributed by atoms with E-state index in [0.29, 0.717) is 6.42 Å². The zero-order valence-electron chi connectivity index (χ0n) is 9.84. The molecule has 0 fully saturated rings. The molecule has 17 heavy (non-hydrogen) atoms.